The highest BCUT2D eigenvalue weighted by atomic mass is 31.2. The van der Waals surface area contributed by atoms with Crippen LogP contribution in [0.5, 0.6) is 0 Å². The van der Waals surface area contributed by atoms with Crippen LogP contribution >= 0.6 is 7.82 Å². The van der Waals surface area contributed by atoms with E-state index in [1.807, 2.05) is 19.0 Å². The molecule has 1 N–H and O–H groups in total. The third kappa shape index (κ3) is 42.9. The van der Waals surface area contributed by atoms with Crippen molar-refractivity contribution in [2.45, 2.75) is 174 Å². The van der Waals surface area contributed by atoms with Crippen molar-refractivity contribution >= 4 is 19.8 Å². The summed E-state index contributed by atoms with van der Waals surface area (Å²) in [6.07, 6.45) is 49.4. The fourth-order valence-electron chi connectivity index (χ4n) is 5.59. The Labute approximate surface area is 348 Å². The molecule has 10 heteroatoms. The van der Waals surface area contributed by atoms with Crippen LogP contribution in [0.15, 0.2) is 72.9 Å². The minimum atomic E-state index is -4.38. The quantitative estimate of drug-likeness (QED) is 0.0279. The van der Waals surface area contributed by atoms with Crippen molar-refractivity contribution in [1.29, 1.82) is 0 Å². The number of ether oxygens (including phenoxy) is 2. The van der Waals surface area contributed by atoms with Gasteiger partial charge in [0, 0.05) is 19.4 Å². The molecular formula is C47H82NO8P. The molecule has 0 radical (unpaired) electrons. The molecule has 0 aromatic carbocycles. The van der Waals surface area contributed by atoms with Crippen molar-refractivity contribution in [3.8, 4) is 0 Å². The van der Waals surface area contributed by atoms with Crippen molar-refractivity contribution in [1.82, 2.24) is 4.90 Å². The highest BCUT2D eigenvalue weighted by molar-refractivity contribution is 7.47. The number of nitrogens with zero attached hydrogens (tertiary/aromatic N) is 1. The fourth-order valence-corrected chi connectivity index (χ4v) is 6.33. The average molecular weight is 820 g/mol. The molecule has 0 aliphatic carbocycles. The third-order valence-electron chi connectivity index (χ3n) is 9.00. The predicted molar refractivity (Wildman–Crippen MR) is 238 cm³/mol. The van der Waals surface area contributed by atoms with Gasteiger partial charge in [0.2, 0.25) is 0 Å². The molecule has 0 saturated heterocycles. The first-order valence-corrected chi connectivity index (χ1v) is 23.7. The number of allylic oxidation sites excluding steroid dienone is 12. The molecule has 0 rings (SSSR count). The van der Waals surface area contributed by atoms with Crippen molar-refractivity contribution in [2.75, 3.05) is 40.5 Å². The summed E-state index contributed by atoms with van der Waals surface area (Å²) in [6.45, 7) is 4.14. The number of esters is 2. The summed E-state index contributed by atoms with van der Waals surface area (Å²) in [4.78, 5) is 37.0. The Morgan fingerprint density at radius 1 is 0.561 bits per heavy atom. The minimum Gasteiger partial charge on any atom is -0.462 e. The van der Waals surface area contributed by atoms with E-state index in [1.54, 1.807) is 0 Å². The van der Waals surface area contributed by atoms with Gasteiger partial charge in [-0.15, -0.1) is 0 Å². The number of carbonyl (C=O) groups is 2. The molecule has 0 bridgehead atoms. The van der Waals surface area contributed by atoms with Gasteiger partial charge in [-0.25, -0.2) is 4.57 Å². The van der Waals surface area contributed by atoms with Gasteiger partial charge in [0.1, 0.15) is 6.61 Å². The monoisotopic (exact) mass is 820 g/mol. The summed E-state index contributed by atoms with van der Waals surface area (Å²) >= 11 is 0. The Morgan fingerprint density at radius 2 is 1.00 bits per heavy atom. The zero-order valence-electron chi connectivity index (χ0n) is 36.5. The number of phosphoric ester groups is 1. The maximum atomic E-state index is 12.7. The number of carbonyl (C=O) groups excluding carboxylic acids is 2. The van der Waals surface area contributed by atoms with Gasteiger partial charge >= 0.3 is 19.8 Å². The van der Waals surface area contributed by atoms with Gasteiger partial charge in [-0.1, -0.05) is 145 Å². The smallest absolute Gasteiger partial charge is 0.462 e. The first-order valence-electron chi connectivity index (χ1n) is 22.2. The maximum absolute atomic E-state index is 12.7. The summed E-state index contributed by atoms with van der Waals surface area (Å²) < 4.78 is 33.4. The van der Waals surface area contributed by atoms with E-state index in [4.69, 9.17) is 18.5 Å². The molecule has 0 aromatic rings. The lowest BCUT2D eigenvalue weighted by Gasteiger charge is -2.20. The van der Waals surface area contributed by atoms with Crippen molar-refractivity contribution in [3.63, 3.8) is 0 Å². The SMILES string of the molecule is CC/C=C\C/C=C\C/C=C\C/C=C\C/C=C\CCCCCC(=O)OC(COC(=O)CCCCCCCCC/C=C\CCCCCC)COP(=O)(O)OCCN(C)C. The van der Waals surface area contributed by atoms with Crippen LogP contribution in [0.1, 0.15) is 168 Å². The molecule has 57 heavy (non-hydrogen) atoms. The molecular weight excluding hydrogens is 737 g/mol. The lowest BCUT2D eigenvalue weighted by Crippen LogP contribution is -2.29. The molecule has 2 unspecified atom stereocenters. The first-order chi connectivity index (χ1) is 27.7. The van der Waals surface area contributed by atoms with Gasteiger partial charge in [0.25, 0.3) is 0 Å². The van der Waals surface area contributed by atoms with Gasteiger partial charge in [0.15, 0.2) is 6.10 Å². The number of hydrogen-bond donors (Lipinski definition) is 1. The normalized spacial score (nSPS) is 14.1. The molecule has 0 heterocycles. The molecule has 0 amide bonds. The number of phosphoric acid groups is 1. The Kier molecular flexibility index (Phi) is 39.7. The van der Waals surface area contributed by atoms with E-state index < -0.39 is 26.5 Å². The van der Waals surface area contributed by atoms with Crippen LogP contribution in [-0.4, -0.2) is 68.3 Å². The summed E-state index contributed by atoms with van der Waals surface area (Å²) in [7, 11) is -0.740. The Morgan fingerprint density at radius 3 is 1.53 bits per heavy atom. The maximum Gasteiger partial charge on any atom is 0.472 e. The van der Waals surface area contributed by atoms with Crippen LogP contribution in [0.4, 0.5) is 0 Å². The first kappa shape index (κ1) is 54.5. The summed E-state index contributed by atoms with van der Waals surface area (Å²) in [5.41, 5.74) is 0. The van der Waals surface area contributed by atoms with E-state index in [0.29, 0.717) is 13.0 Å². The second kappa shape index (κ2) is 41.6. The van der Waals surface area contributed by atoms with Crippen molar-refractivity contribution < 1.29 is 37.6 Å². The summed E-state index contributed by atoms with van der Waals surface area (Å²) in [5, 5.41) is 0. The van der Waals surface area contributed by atoms with E-state index >= 15 is 0 Å². The summed E-state index contributed by atoms with van der Waals surface area (Å²) in [6, 6.07) is 0. The molecule has 9 nitrogen and oxygen atoms in total. The van der Waals surface area contributed by atoms with Crippen LogP contribution in [0.2, 0.25) is 0 Å². The number of hydrogen-bond acceptors (Lipinski definition) is 8. The van der Waals surface area contributed by atoms with Gasteiger partial charge in [0.05, 0.1) is 13.2 Å². The van der Waals surface area contributed by atoms with Crippen LogP contribution in [0.3, 0.4) is 0 Å². The molecule has 328 valence electrons. The van der Waals surface area contributed by atoms with E-state index in [-0.39, 0.29) is 32.0 Å². The second-order valence-corrected chi connectivity index (χ2v) is 16.3. The molecule has 0 fully saturated rings. The van der Waals surface area contributed by atoms with Crippen LogP contribution in [0, 0.1) is 0 Å². The fraction of sp³-hybridized carbons (Fsp3) is 0.702. The molecule has 0 aliphatic heterocycles. The highest BCUT2D eigenvalue weighted by Gasteiger charge is 2.26. The standard InChI is InChI=1S/C47H82NO8P/c1-5-7-9-11-13-15-17-19-21-22-23-24-26-28-30-32-34-36-38-40-47(50)56-45(44-55-57(51,52)54-42-41-48(3)4)43-53-46(49)39-37-35-33-31-29-27-25-20-18-16-14-12-10-8-6-2/h7,9,13,15-16,18-19,21,23-24,28,30,45H,5-6,8,10-12,14,17,20,22,25-27,29,31-44H2,1-4H3,(H,51,52)/b9-7-,15-13-,18-16-,21-19-,24-23-,30-28-. The highest BCUT2D eigenvalue weighted by Crippen LogP contribution is 2.43. The molecule has 0 aliphatic rings. The number of rotatable bonds is 40. The van der Waals surface area contributed by atoms with E-state index in [1.165, 1.54) is 51.4 Å². The molecule has 0 saturated carbocycles. The van der Waals surface area contributed by atoms with Gasteiger partial charge in [-0.3, -0.25) is 18.6 Å². The van der Waals surface area contributed by atoms with Crippen LogP contribution in [0.25, 0.3) is 0 Å². The Bertz CT molecular complexity index is 1180. The van der Waals surface area contributed by atoms with Gasteiger partial charge in [-0.2, -0.15) is 0 Å². The second-order valence-electron chi connectivity index (χ2n) is 14.8. The minimum absolute atomic E-state index is 0.00353. The number of likely N-dealkylation sites (N-methyl/N-ethyl adjacent to an activating group) is 1. The molecule has 0 aromatic heterocycles. The Hall–Kier alpha value is -2.55. The zero-order chi connectivity index (χ0) is 41.9. The molecule has 0 spiro atoms. The van der Waals surface area contributed by atoms with Crippen LogP contribution < -0.4 is 0 Å². The van der Waals surface area contributed by atoms with Crippen molar-refractivity contribution in [3.05, 3.63) is 72.9 Å². The topological polar surface area (TPSA) is 112 Å². The van der Waals surface area contributed by atoms with Crippen LogP contribution in [-0.2, 0) is 32.7 Å². The predicted octanol–water partition coefficient (Wildman–Crippen LogP) is 12.9. The van der Waals surface area contributed by atoms with E-state index in [2.05, 4.69) is 86.8 Å². The Balaban J connectivity index is 4.37. The molecule has 2 atom stereocenters. The lowest BCUT2D eigenvalue weighted by molar-refractivity contribution is -0.161. The van der Waals surface area contributed by atoms with Gasteiger partial charge < -0.3 is 19.3 Å². The van der Waals surface area contributed by atoms with Crippen molar-refractivity contribution in [2.24, 2.45) is 0 Å². The lowest BCUT2D eigenvalue weighted by atomic mass is 10.1. The van der Waals surface area contributed by atoms with Gasteiger partial charge in [-0.05, 0) is 97.6 Å². The third-order valence-corrected chi connectivity index (χ3v) is 9.98. The largest absolute Gasteiger partial charge is 0.472 e. The summed E-state index contributed by atoms with van der Waals surface area (Å²) in [5.74, 6) is -0.851. The average Bonchev–Trinajstić information content (AvgIpc) is 3.18. The zero-order valence-corrected chi connectivity index (χ0v) is 37.4. The van der Waals surface area contributed by atoms with E-state index in [0.717, 1.165) is 83.5 Å². The van der Waals surface area contributed by atoms with E-state index in [9.17, 15) is 19.0 Å². The number of unbranched alkanes of at least 4 members (excludes halogenated alkanes) is 14.